The van der Waals surface area contributed by atoms with Gasteiger partial charge in [0.15, 0.2) is 0 Å². The van der Waals surface area contributed by atoms with Gasteiger partial charge in [0.2, 0.25) is 0 Å². The van der Waals surface area contributed by atoms with Crippen molar-refractivity contribution in [3.63, 3.8) is 0 Å². The molecule has 0 spiro atoms. The summed E-state index contributed by atoms with van der Waals surface area (Å²) in [6.45, 7) is 4.52. The van der Waals surface area contributed by atoms with Crippen LogP contribution in [0.25, 0.3) is 0 Å². The predicted octanol–water partition coefficient (Wildman–Crippen LogP) is 4.30. The van der Waals surface area contributed by atoms with Crippen LogP contribution in [-0.2, 0) is 16.0 Å². The van der Waals surface area contributed by atoms with E-state index in [9.17, 15) is 4.79 Å². The van der Waals surface area contributed by atoms with Gasteiger partial charge >= 0.3 is 5.97 Å². The number of allylic oxidation sites excluding steroid dienone is 1. The van der Waals surface area contributed by atoms with E-state index in [1.165, 1.54) is 18.4 Å². The highest BCUT2D eigenvalue weighted by Gasteiger charge is 2.04. The Morgan fingerprint density at radius 1 is 1.16 bits per heavy atom. The Labute approximate surface area is 116 Å². The normalized spacial score (nSPS) is 11.4. The van der Waals surface area contributed by atoms with Crippen molar-refractivity contribution in [1.29, 1.82) is 0 Å². The fourth-order valence-corrected chi connectivity index (χ4v) is 1.78. The molecule has 19 heavy (non-hydrogen) atoms. The smallest absolute Gasteiger partial charge is 0.333 e. The second kappa shape index (κ2) is 9.37. The minimum absolute atomic E-state index is 0.188. The van der Waals surface area contributed by atoms with Gasteiger partial charge in [0.1, 0.15) is 0 Å². The van der Waals surface area contributed by atoms with E-state index in [-0.39, 0.29) is 5.97 Å². The van der Waals surface area contributed by atoms with Crippen molar-refractivity contribution in [3.05, 3.63) is 47.5 Å². The molecule has 0 saturated heterocycles. The van der Waals surface area contributed by atoms with Gasteiger partial charge in [-0.15, -0.1) is 0 Å². The van der Waals surface area contributed by atoms with Gasteiger partial charge in [0.25, 0.3) is 0 Å². The third kappa shape index (κ3) is 6.80. The summed E-state index contributed by atoms with van der Waals surface area (Å²) in [5.74, 6) is -0.188. The quantitative estimate of drug-likeness (QED) is 0.396. The number of hydrogen-bond donors (Lipinski definition) is 0. The van der Waals surface area contributed by atoms with Crippen LogP contribution in [0.15, 0.2) is 42.0 Å². The molecule has 0 unspecified atom stereocenters. The Balaban J connectivity index is 2.27. The maximum absolute atomic E-state index is 11.7. The summed E-state index contributed by atoms with van der Waals surface area (Å²) in [4.78, 5) is 11.7. The van der Waals surface area contributed by atoms with Crippen LogP contribution in [0.1, 0.15) is 45.1 Å². The molecule has 0 aliphatic heterocycles. The van der Waals surface area contributed by atoms with Crippen LogP contribution in [-0.4, -0.2) is 12.6 Å². The van der Waals surface area contributed by atoms with Gasteiger partial charge in [0.05, 0.1) is 6.61 Å². The Kier molecular flexibility index (Phi) is 7.64. The average molecular weight is 260 g/mol. The lowest BCUT2D eigenvalue weighted by Crippen LogP contribution is -2.07. The maximum Gasteiger partial charge on any atom is 0.333 e. The van der Waals surface area contributed by atoms with Crippen molar-refractivity contribution < 1.29 is 9.53 Å². The maximum atomic E-state index is 11.7. The molecule has 0 saturated carbocycles. The monoisotopic (exact) mass is 260 g/mol. The van der Waals surface area contributed by atoms with Crippen LogP contribution >= 0.6 is 0 Å². The first-order valence-electron chi connectivity index (χ1n) is 7.12. The van der Waals surface area contributed by atoms with Gasteiger partial charge < -0.3 is 4.74 Å². The lowest BCUT2D eigenvalue weighted by atomic mass is 10.1. The van der Waals surface area contributed by atoms with Crippen molar-refractivity contribution in [1.82, 2.24) is 0 Å². The highest BCUT2D eigenvalue weighted by molar-refractivity contribution is 5.87. The first kappa shape index (κ1) is 15.5. The fourth-order valence-electron chi connectivity index (χ4n) is 1.78. The van der Waals surface area contributed by atoms with Crippen molar-refractivity contribution in [2.24, 2.45) is 0 Å². The number of esters is 1. The molecule has 0 aliphatic carbocycles. The van der Waals surface area contributed by atoms with Gasteiger partial charge in [-0.25, -0.2) is 4.79 Å². The number of unbranched alkanes of at least 4 members (excludes halogenated alkanes) is 3. The van der Waals surface area contributed by atoms with E-state index >= 15 is 0 Å². The van der Waals surface area contributed by atoms with E-state index < -0.39 is 0 Å². The number of rotatable bonds is 8. The summed E-state index contributed by atoms with van der Waals surface area (Å²) in [6, 6.07) is 10.1. The minimum atomic E-state index is -0.188. The molecule has 0 bridgehead atoms. The number of hydrogen-bond acceptors (Lipinski definition) is 2. The lowest BCUT2D eigenvalue weighted by Gasteiger charge is -2.05. The number of carbonyl (C=O) groups is 1. The fraction of sp³-hybridized carbons (Fsp3) is 0.471. The lowest BCUT2D eigenvalue weighted by molar-refractivity contribution is -0.139. The highest BCUT2D eigenvalue weighted by Crippen LogP contribution is 2.05. The van der Waals surface area contributed by atoms with Crippen LogP contribution in [0.3, 0.4) is 0 Å². The van der Waals surface area contributed by atoms with Crippen LogP contribution < -0.4 is 0 Å². The molecule has 0 radical (unpaired) electrons. The SMILES string of the molecule is CCCCCCOC(=O)/C(C)=C/Cc1ccccc1. The number of carbonyl (C=O) groups excluding carboxylic acids is 1. The van der Waals surface area contributed by atoms with Crippen molar-refractivity contribution in [2.75, 3.05) is 6.61 Å². The van der Waals surface area contributed by atoms with Crippen LogP contribution in [0.5, 0.6) is 0 Å². The van der Waals surface area contributed by atoms with E-state index in [4.69, 9.17) is 4.74 Å². The minimum Gasteiger partial charge on any atom is -0.462 e. The first-order valence-corrected chi connectivity index (χ1v) is 7.12. The van der Waals surface area contributed by atoms with Crippen LogP contribution in [0, 0.1) is 0 Å². The van der Waals surface area contributed by atoms with Gasteiger partial charge in [-0.05, 0) is 25.3 Å². The molecule has 0 atom stereocenters. The molecule has 0 heterocycles. The predicted molar refractivity (Wildman–Crippen MR) is 79.0 cm³/mol. The number of ether oxygens (including phenoxy) is 1. The highest BCUT2D eigenvalue weighted by atomic mass is 16.5. The van der Waals surface area contributed by atoms with E-state index in [0.29, 0.717) is 12.2 Å². The van der Waals surface area contributed by atoms with Gasteiger partial charge in [-0.2, -0.15) is 0 Å². The zero-order chi connectivity index (χ0) is 13.9. The summed E-state index contributed by atoms with van der Waals surface area (Å²) < 4.78 is 5.23. The molecule has 0 aromatic heterocycles. The molecule has 1 aromatic rings. The van der Waals surface area contributed by atoms with Crippen LogP contribution in [0.4, 0.5) is 0 Å². The Morgan fingerprint density at radius 3 is 2.58 bits per heavy atom. The standard InChI is InChI=1S/C17H24O2/c1-3-4-5-9-14-19-17(18)15(2)12-13-16-10-7-6-8-11-16/h6-8,10-12H,3-5,9,13-14H2,1-2H3/b15-12+. The molecule has 2 nitrogen and oxygen atoms in total. The summed E-state index contributed by atoms with van der Waals surface area (Å²) in [5, 5.41) is 0. The zero-order valence-electron chi connectivity index (χ0n) is 12.0. The summed E-state index contributed by atoms with van der Waals surface area (Å²) >= 11 is 0. The molecule has 0 N–H and O–H groups in total. The molecule has 1 rings (SSSR count). The molecular weight excluding hydrogens is 236 g/mol. The van der Waals surface area contributed by atoms with E-state index in [1.807, 2.05) is 31.2 Å². The molecular formula is C17H24O2. The summed E-state index contributed by atoms with van der Waals surface area (Å²) in [5.41, 5.74) is 1.90. The largest absolute Gasteiger partial charge is 0.462 e. The van der Waals surface area contributed by atoms with E-state index in [0.717, 1.165) is 19.3 Å². The van der Waals surface area contributed by atoms with Gasteiger partial charge in [-0.1, -0.05) is 62.6 Å². The summed E-state index contributed by atoms with van der Waals surface area (Å²) in [6.07, 6.45) is 7.22. The molecule has 104 valence electrons. The molecule has 0 amide bonds. The van der Waals surface area contributed by atoms with Crippen LogP contribution in [0.2, 0.25) is 0 Å². The van der Waals surface area contributed by atoms with Crippen molar-refractivity contribution >= 4 is 5.97 Å². The second-order valence-corrected chi connectivity index (χ2v) is 4.77. The molecule has 0 fully saturated rings. The molecule has 0 aliphatic rings. The van der Waals surface area contributed by atoms with Gasteiger partial charge in [0, 0.05) is 5.57 Å². The van der Waals surface area contributed by atoms with Gasteiger partial charge in [-0.3, -0.25) is 0 Å². The summed E-state index contributed by atoms with van der Waals surface area (Å²) in [7, 11) is 0. The molecule has 1 aromatic carbocycles. The second-order valence-electron chi connectivity index (χ2n) is 4.77. The topological polar surface area (TPSA) is 26.3 Å². The third-order valence-corrected chi connectivity index (χ3v) is 3.04. The molecule has 2 heteroatoms. The number of benzene rings is 1. The first-order chi connectivity index (χ1) is 9.24. The Bertz CT molecular complexity index is 393. The van der Waals surface area contributed by atoms with E-state index in [1.54, 1.807) is 0 Å². The van der Waals surface area contributed by atoms with E-state index in [2.05, 4.69) is 19.1 Å². The third-order valence-electron chi connectivity index (χ3n) is 3.04. The van der Waals surface area contributed by atoms with Crippen molar-refractivity contribution in [3.8, 4) is 0 Å². The van der Waals surface area contributed by atoms with Crippen molar-refractivity contribution in [2.45, 2.75) is 46.0 Å². The average Bonchev–Trinajstić information content (AvgIpc) is 2.45. The Morgan fingerprint density at radius 2 is 1.89 bits per heavy atom. The zero-order valence-corrected chi connectivity index (χ0v) is 12.0. The Hall–Kier alpha value is -1.57.